The van der Waals surface area contributed by atoms with Crippen LogP contribution in [0, 0.1) is 5.92 Å². The maximum absolute atomic E-state index is 13.3. The lowest BCUT2D eigenvalue weighted by molar-refractivity contribution is -0.142. The second-order valence-corrected chi connectivity index (χ2v) is 4.88. The van der Waals surface area contributed by atoms with Crippen molar-refractivity contribution in [1.29, 1.82) is 0 Å². The van der Waals surface area contributed by atoms with Gasteiger partial charge in [0.25, 0.3) is 0 Å². The quantitative estimate of drug-likeness (QED) is 0.902. The standard InChI is InChI=1S/C12H17F2N3O/c1-17(8-10-15-5-6-16-10)11(18)9-3-2-4-12(13,14)7-9/h5-6,9H,2-4,7-8H2,1H3,(H,15,16). The molecule has 1 aromatic rings. The normalized spacial score (nSPS) is 22.7. The minimum absolute atomic E-state index is 0.0985. The van der Waals surface area contributed by atoms with Gasteiger partial charge in [-0.3, -0.25) is 4.79 Å². The smallest absolute Gasteiger partial charge is 0.248 e. The van der Waals surface area contributed by atoms with Gasteiger partial charge in [0.2, 0.25) is 11.8 Å². The molecular formula is C12H17F2N3O. The van der Waals surface area contributed by atoms with Crippen molar-refractivity contribution in [3.8, 4) is 0 Å². The van der Waals surface area contributed by atoms with Crippen molar-refractivity contribution >= 4 is 5.91 Å². The molecule has 0 aliphatic heterocycles. The van der Waals surface area contributed by atoms with Gasteiger partial charge in [0.1, 0.15) is 5.82 Å². The lowest BCUT2D eigenvalue weighted by Crippen LogP contribution is -2.38. The SMILES string of the molecule is CN(Cc1ncc[nH]1)C(=O)C1CCCC(F)(F)C1. The van der Waals surface area contributed by atoms with E-state index in [-0.39, 0.29) is 18.7 Å². The van der Waals surface area contributed by atoms with E-state index in [0.717, 1.165) is 0 Å². The molecule has 6 heteroatoms. The highest BCUT2D eigenvalue weighted by Gasteiger charge is 2.39. The Morgan fingerprint density at radius 3 is 3.06 bits per heavy atom. The Bertz CT molecular complexity index is 405. The second kappa shape index (κ2) is 5.04. The summed E-state index contributed by atoms with van der Waals surface area (Å²) in [4.78, 5) is 20.4. The van der Waals surface area contributed by atoms with Crippen molar-refractivity contribution in [3.63, 3.8) is 0 Å². The maximum atomic E-state index is 13.3. The summed E-state index contributed by atoms with van der Waals surface area (Å²) in [6.07, 6.45) is 3.81. The number of amides is 1. The van der Waals surface area contributed by atoms with Gasteiger partial charge in [-0.05, 0) is 12.8 Å². The Kier molecular flexibility index (Phi) is 3.63. The molecule has 0 saturated heterocycles. The summed E-state index contributed by atoms with van der Waals surface area (Å²) in [5.41, 5.74) is 0. The monoisotopic (exact) mass is 257 g/mol. The molecule has 18 heavy (non-hydrogen) atoms. The van der Waals surface area contributed by atoms with Gasteiger partial charge < -0.3 is 9.88 Å². The Morgan fingerprint density at radius 1 is 1.67 bits per heavy atom. The molecule has 1 aliphatic rings. The van der Waals surface area contributed by atoms with Gasteiger partial charge in [-0.25, -0.2) is 13.8 Å². The van der Waals surface area contributed by atoms with E-state index >= 15 is 0 Å². The molecule has 2 rings (SSSR count). The van der Waals surface area contributed by atoms with Gasteiger partial charge in [0, 0.05) is 38.2 Å². The fourth-order valence-corrected chi connectivity index (χ4v) is 2.38. The summed E-state index contributed by atoms with van der Waals surface area (Å²) in [5, 5.41) is 0. The van der Waals surface area contributed by atoms with Gasteiger partial charge >= 0.3 is 0 Å². The summed E-state index contributed by atoms with van der Waals surface area (Å²) < 4.78 is 26.5. The van der Waals surface area contributed by atoms with E-state index in [4.69, 9.17) is 0 Å². The Balaban J connectivity index is 1.94. The van der Waals surface area contributed by atoms with Crippen molar-refractivity contribution in [3.05, 3.63) is 18.2 Å². The van der Waals surface area contributed by atoms with Crippen molar-refractivity contribution in [2.75, 3.05) is 7.05 Å². The summed E-state index contributed by atoms with van der Waals surface area (Å²) in [6.45, 7) is 0.327. The number of halogens is 2. The molecule has 1 saturated carbocycles. The van der Waals surface area contributed by atoms with Crippen LogP contribution in [-0.4, -0.2) is 33.7 Å². The molecule has 1 aromatic heterocycles. The number of alkyl halides is 2. The van der Waals surface area contributed by atoms with E-state index in [1.807, 2.05) is 0 Å². The van der Waals surface area contributed by atoms with E-state index in [9.17, 15) is 13.6 Å². The number of nitrogens with zero attached hydrogens (tertiary/aromatic N) is 2. The third-order valence-corrected chi connectivity index (χ3v) is 3.31. The molecule has 0 spiro atoms. The third-order valence-electron chi connectivity index (χ3n) is 3.31. The molecule has 0 radical (unpaired) electrons. The molecule has 1 atom stereocenters. The van der Waals surface area contributed by atoms with Crippen LogP contribution in [0.15, 0.2) is 12.4 Å². The van der Waals surface area contributed by atoms with Crippen LogP contribution in [0.5, 0.6) is 0 Å². The topological polar surface area (TPSA) is 49.0 Å². The number of carbonyl (C=O) groups excluding carboxylic acids is 1. The number of nitrogens with one attached hydrogen (secondary N) is 1. The number of hydrogen-bond acceptors (Lipinski definition) is 2. The highest BCUT2D eigenvalue weighted by molar-refractivity contribution is 5.78. The molecule has 100 valence electrons. The summed E-state index contributed by atoms with van der Waals surface area (Å²) >= 11 is 0. The Morgan fingerprint density at radius 2 is 2.44 bits per heavy atom. The number of H-pyrrole nitrogens is 1. The minimum Gasteiger partial charge on any atom is -0.347 e. The van der Waals surface area contributed by atoms with E-state index in [1.54, 1.807) is 19.4 Å². The lowest BCUT2D eigenvalue weighted by atomic mass is 9.85. The van der Waals surface area contributed by atoms with E-state index in [1.165, 1.54) is 4.90 Å². The number of imidazole rings is 1. The first-order chi connectivity index (χ1) is 8.48. The van der Waals surface area contributed by atoms with E-state index in [2.05, 4.69) is 9.97 Å². The van der Waals surface area contributed by atoms with Gasteiger partial charge in [0.15, 0.2) is 0 Å². The molecule has 1 N–H and O–H groups in total. The van der Waals surface area contributed by atoms with Crippen molar-refractivity contribution in [1.82, 2.24) is 14.9 Å². The summed E-state index contributed by atoms with van der Waals surface area (Å²) in [5.74, 6) is -2.81. The van der Waals surface area contributed by atoms with Crippen LogP contribution in [0.1, 0.15) is 31.5 Å². The van der Waals surface area contributed by atoms with Crippen LogP contribution in [-0.2, 0) is 11.3 Å². The fraction of sp³-hybridized carbons (Fsp3) is 0.667. The van der Waals surface area contributed by atoms with E-state index < -0.39 is 11.8 Å². The van der Waals surface area contributed by atoms with Crippen LogP contribution in [0.3, 0.4) is 0 Å². The molecule has 1 fully saturated rings. The molecule has 0 aromatic carbocycles. The summed E-state index contributed by atoms with van der Waals surface area (Å²) in [7, 11) is 1.62. The minimum atomic E-state index is -2.69. The zero-order valence-corrected chi connectivity index (χ0v) is 10.3. The molecular weight excluding hydrogens is 240 g/mol. The molecule has 1 amide bonds. The zero-order chi connectivity index (χ0) is 13.2. The average molecular weight is 257 g/mol. The van der Waals surface area contributed by atoms with Crippen LogP contribution >= 0.6 is 0 Å². The molecule has 1 unspecified atom stereocenters. The fourth-order valence-electron chi connectivity index (χ4n) is 2.38. The number of rotatable bonds is 3. The molecule has 1 aliphatic carbocycles. The lowest BCUT2D eigenvalue weighted by Gasteiger charge is -2.30. The average Bonchev–Trinajstić information content (AvgIpc) is 2.79. The van der Waals surface area contributed by atoms with Crippen LogP contribution < -0.4 is 0 Å². The Hall–Kier alpha value is -1.46. The predicted molar refractivity (Wildman–Crippen MR) is 62.0 cm³/mol. The number of hydrogen-bond donors (Lipinski definition) is 1. The third kappa shape index (κ3) is 3.05. The van der Waals surface area contributed by atoms with Crippen LogP contribution in [0.4, 0.5) is 8.78 Å². The molecule has 1 heterocycles. The highest BCUT2D eigenvalue weighted by atomic mass is 19.3. The first-order valence-electron chi connectivity index (χ1n) is 6.09. The maximum Gasteiger partial charge on any atom is 0.248 e. The first kappa shape index (κ1) is 13.0. The van der Waals surface area contributed by atoms with E-state index in [0.29, 0.717) is 25.2 Å². The van der Waals surface area contributed by atoms with Crippen LogP contribution in [0.25, 0.3) is 0 Å². The van der Waals surface area contributed by atoms with Crippen molar-refractivity contribution < 1.29 is 13.6 Å². The van der Waals surface area contributed by atoms with Gasteiger partial charge in [-0.2, -0.15) is 0 Å². The second-order valence-electron chi connectivity index (χ2n) is 4.88. The van der Waals surface area contributed by atoms with Gasteiger partial charge in [0.05, 0.1) is 6.54 Å². The number of carbonyl (C=O) groups is 1. The van der Waals surface area contributed by atoms with Crippen LogP contribution in [0.2, 0.25) is 0 Å². The first-order valence-corrected chi connectivity index (χ1v) is 6.09. The predicted octanol–water partition coefficient (Wildman–Crippen LogP) is 2.19. The Labute approximate surface area is 104 Å². The van der Waals surface area contributed by atoms with Gasteiger partial charge in [-0.15, -0.1) is 0 Å². The summed E-state index contributed by atoms with van der Waals surface area (Å²) in [6, 6.07) is 0. The van der Waals surface area contributed by atoms with Gasteiger partial charge in [-0.1, -0.05) is 0 Å². The largest absolute Gasteiger partial charge is 0.347 e. The number of aromatic nitrogens is 2. The van der Waals surface area contributed by atoms with Crippen molar-refractivity contribution in [2.24, 2.45) is 5.92 Å². The molecule has 0 bridgehead atoms. The number of aromatic amines is 1. The zero-order valence-electron chi connectivity index (χ0n) is 10.3. The molecule has 4 nitrogen and oxygen atoms in total. The highest BCUT2D eigenvalue weighted by Crippen LogP contribution is 2.37. The van der Waals surface area contributed by atoms with Crippen molar-refractivity contribution in [2.45, 2.75) is 38.2 Å².